The standard InChI is InChI=1S/C18H24O4/c1-21-16(19)8-5-10-18(13-17(20)22-2)11-9-14-6-3-4-7-15(14)12-18/h3-4,6-7H,5,8-13H2,1-2H3/t18-/m0/s1. The molecule has 0 radical (unpaired) electrons. The summed E-state index contributed by atoms with van der Waals surface area (Å²) in [7, 11) is 2.84. The van der Waals surface area contributed by atoms with E-state index < -0.39 is 0 Å². The third-order valence-corrected chi connectivity index (χ3v) is 4.67. The van der Waals surface area contributed by atoms with Crippen molar-refractivity contribution in [3.8, 4) is 0 Å². The SMILES string of the molecule is COC(=O)CCC[C@]1(CC(=O)OC)CCc2ccccc2C1. The van der Waals surface area contributed by atoms with Crippen LogP contribution in [-0.2, 0) is 31.9 Å². The lowest BCUT2D eigenvalue weighted by molar-refractivity contribution is -0.143. The smallest absolute Gasteiger partial charge is 0.306 e. The van der Waals surface area contributed by atoms with Gasteiger partial charge < -0.3 is 9.47 Å². The Morgan fingerprint density at radius 2 is 1.77 bits per heavy atom. The maximum atomic E-state index is 11.8. The average Bonchev–Trinajstić information content (AvgIpc) is 2.54. The van der Waals surface area contributed by atoms with Crippen LogP contribution >= 0.6 is 0 Å². The molecule has 0 N–H and O–H groups in total. The van der Waals surface area contributed by atoms with Crippen LogP contribution in [0, 0.1) is 5.41 Å². The molecule has 0 spiro atoms. The number of carbonyl (C=O) groups excluding carboxylic acids is 2. The first-order valence-corrected chi connectivity index (χ1v) is 7.79. The summed E-state index contributed by atoms with van der Waals surface area (Å²) >= 11 is 0. The molecular formula is C18H24O4. The zero-order valence-electron chi connectivity index (χ0n) is 13.4. The number of fused-ring (bicyclic) bond motifs is 1. The van der Waals surface area contributed by atoms with Gasteiger partial charge in [0.1, 0.15) is 0 Å². The van der Waals surface area contributed by atoms with Crippen molar-refractivity contribution in [3.63, 3.8) is 0 Å². The van der Waals surface area contributed by atoms with Gasteiger partial charge in [0.25, 0.3) is 0 Å². The second-order valence-electron chi connectivity index (χ2n) is 6.13. The zero-order valence-corrected chi connectivity index (χ0v) is 13.4. The number of carbonyl (C=O) groups is 2. The summed E-state index contributed by atoms with van der Waals surface area (Å²) in [6, 6.07) is 8.40. The van der Waals surface area contributed by atoms with E-state index in [4.69, 9.17) is 9.47 Å². The fourth-order valence-electron chi connectivity index (χ4n) is 3.41. The highest BCUT2D eigenvalue weighted by atomic mass is 16.5. The third kappa shape index (κ3) is 4.09. The van der Waals surface area contributed by atoms with Crippen molar-refractivity contribution in [1.29, 1.82) is 0 Å². The molecule has 0 heterocycles. The summed E-state index contributed by atoms with van der Waals surface area (Å²) in [5.74, 6) is -0.359. The second kappa shape index (κ2) is 7.43. The van der Waals surface area contributed by atoms with Crippen LogP contribution in [0.1, 0.15) is 43.2 Å². The van der Waals surface area contributed by atoms with Gasteiger partial charge in [0.05, 0.1) is 20.6 Å². The number of rotatable bonds is 6. The maximum absolute atomic E-state index is 11.8. The number of aryl methyl sites for hydroxylation is 1. The lowest BCUT2D eigenvalue weighted by Crippen LogP contribution is -2.32. The van der Waals surface area contributed by atoms with Crippen LogP contribution in [0.3, 0.4) is 0 Å². The predicted molar refractivity (Wildman–Crippen MR) is 83.4 cm³/mol. The minimum Gasteiger partial charge on any atom is -0.469 e. The first-order chi connectivity index (χ1) is 10.6. The van der Waals surface area contributed by atoms with Crippen molar-refractivity contribution < 1.29 is 19.1 Å². The van der Waals surface area contributed by atoms with E-state index in [1.54, 1.807) is 0 Å². The van der Waals surface area contributed by atoms with E-state index in [-0.39, 0.29) is 17.4 Å². The molecule has 1 aliphatic rings. The van der Waals surface area contributed by atoms with E-state index in [1.165, 1.54) is 25.3 Å². The summed E-state index contributed by atoms with van der Waals surface area (Å²) in [5.41, 5.74) is 2.59. The lowest BCUT2D eigenvalue weighted by atomic mass is 9.67. The first kappa shape index (κ1) is 16.5. The van der Waals surface area contributed by atoms with Gasteiger partial charge in [-0.1, -0.05) is 24.3 Å². The third-order valence-electron chi connectivity index (χ3n) is 4.67. The van der Waals surface area contributed by atoms with Crippen molar-refractivity contribution in [2.45, 2.75) is 44.9 Å². The van der Waals surface area contributed by atoms with Crippen LogP contribution in [0.2, 0.25) is 0 Å². The Morgan fingerprint density at radius 3 is 2.45 bits per heavy atom. The molecule has 22 heavy (non-hydrogen) atoms. The van der Waals surface area contributed by atoms with Crippen molar-refractivity contribution in [2.75, 3.05) is 14.2 Å². The van der Waals surface area contributed by atoms with E-state index in [0.29, 0.717) is 12.8 Å². The van der Waals surface area contributed by atoms with E-state index >= 15 is 0 Å². The number of ether oxygens (including phenoxy) is 2. The number of methoxy groups -OCH3 is 2. The summed E-state index contributed by atoms with van der Waals surface area (Å²) in [5, 5.41) is 0. The fraction of sp³-hybridized carbons (Fsp3) is 0.556. The van der Waals surface area contributed by atoms with E-state index in [2.05, 4.69) is 18.2 Å². The van der Waals surface area contributed by atoms with E-state index in [0.717, 1.165) is 32.1 Å². The molecule has 4 heteroatoms. The summed E-state index contributed by atoms with van der Waals surface area (Å²) in [6.07, 6.45) is 5.21. The Kier molecular flexibility index (Phi) is 5.58. The van der Waals surface area contributed by atoms with Crippen LogP contribution in [0.5, 0.6) is 0 Å². The lowest BCUT2D eigenvalue weighted by Gasteiger charge is -2.37. The molecule has 1 aliphatic carbocycles. The maximum Gasteiger partial charge on any atom is 0.306 e. The number of esters is 2. The predicted octanol–water partition coefficient (Wildman–Crippen LogP) is 3.07. The molecule has 1 aromatic carbocycles. The zero-order chi connectivity index (χ0) is 16.0. The Bertz CT molecular complexity index is 538. The molecule has 0 aromatic heterocycles. The van der Waals surface area contributed by atoms with Crippen LogP contribution in [0.25, 0.3) is 0 Å². The van der Waals surface area contributed by atoms with Crippen LogP contribution < -0.4 is 0 Å². The highest BCUT2D eigenvalue weighted by Crippen LogP contribution is 2.42. The Balaban J connectivity index is 2.10. The van der Waals surface area contributed by atoms with Gasteiger partial charge in [-0.25, -0.2) is 0 Å². The van der Waals surface area contributed by atoms with Gasteiger partial charge in [0.2, 0.25) is 0 Å². The minimum atomic E-state index is -0.190. The molecular weight excluding hydrogens is 280 g/mol. The van der Waals surface area contributed by atoms with Crippen molar-refractivity contribution in [3.05, 3.63) is 35.4 Å². The molecule has 0 aliphatic heterocycles. The van der Waals surface area contributed by atoms with Crippen LogP contribution in [0.15, 0.2) is 24.3 Å². The molecule has 1 atom stereocenters. The van der Waals surface area contributed by atoms with Gasteiger partial charge in [0.15, 0.2) is 0 Å². The average molecular weight is 304 g/mol. The van der Waals surface area contributed by atoms with E-state index in [9.17, 15) is 9.59 Å². The molecule has 0 bridgehead atoms. The first-order valence-electron chi connectivity index (χ1n) is 7.79. The summed E-state index contributed by atoms with van der Waals surface area (Å²) in [4.78, 5) is 23.2. The summed E-state index contributed by atoms with van der Waals surface area (Å²) < 4.78 is 9.58. The van der Waals surface area contributed by atoms with E-state index in [1.807, 2.05) is 6.07 Å². The van der Waals surface area contributed by atoms with Crippen LogP contribution in [-0.4, -0.2) is 26.2 Å². The van der Waals surface area contributed by atoms with Crippen molar-refractivity contribution in [1.82, 2.24) is 0 Å². The second-order valence-corrected chi connectivity index (χ2v) is 6.13. The molecule has 0 amide bonds. The molecule has 4 nitrogen and oxygen atoms in total. The highest BCUT2D eigenvalue weighted by Gasteiger charge is 2.36. The fourth-order valence-corrected chi connectivity index (χ4v) is 3.41. The Hall–Kier alpha value is -1.84. The van der Waals surface area contributed by atoms with Gasteiger partial charge in [-0.05, 0) is 48.6 Å². The molecule has 2 rings (SSSR count). The minimum absolute atomic E-state index is 0.102. The Morgan fingerprint density at radius 1 is 1.09 bits per heavy atom. The van der Waals surface area contributed by atoms with Crippen LogP contribution in [0.4, 0.5) is 0 Å². The molecule has 0 fully saturated rings. The quantitative estimate of drug-likeness (QED) is 0.758. The van der Waals surface area contributed by atoms with Gasteiger partial charge in [-0.2, -0.15) is 0 Å². The number of benzene rings is 1. The largest absolute Gasteiger partial charge is 0.469 e. The van der Waals surface area contributed by atoms with Crippen molar-refractivity contribution >= 4 is 11.9 Å². The number of hydrogen-bond acceptors (Lipinski definition) is 4. The normalized spacial score (nSPS) is 20.1. The van der Waals surface area contributed by atoms with Gasteiger partial charge in [-0.3, -0.25) is 9.59 Å². The highest BCUT2D eigenvalue weighted by molar-refractivity contribution is 5.70. The van der Waals surface area contributed by atoms with Gasteiger partial charge in [0, 0.05) is 6.42 Å². The number of hydrogen-bond donors (Lipinski definition) is 0. The molecule has 0 unspecified atom stereocenters. The van der Waals surface area contributed by atoms with Gasteiger partial charge in [-0.15, -0.1) is 0 Å². The van der Waals surface area contributed by atoms with Gasteiger partial charge >= 0.3 is 11.9 Å². The Labute approximate surface area is 131 Å². The van der Waals surface area contributed by atoms with Crippen molar-refractivity contribution in [2.24, 2.45) is 5.41 Å². The topological polar surface area (TPSA) is 52.6 Å². The molecule has 0 saturated carbocycles. The monoisotopic (exact) mass is 304 g/mol. The molecule has 0 saturated heterocycles. The molecule has 120 valence electrons. The summed E-state index contributed by atoms with van der Waals surface area (Å²) in [6.45, 7) is 0. The molecule has 1 aromatic rings.